The summed E-state index contributed by atoms with van der Waals surface area (Å²) in [5.74, 6) is 0.735. The van der Waals surface area contributed by atoms with Crippen LogP contribution in [0.1, 0.15) is 56.3 Å². The van der Waals surface area contributed by atoms with E-state index in [1.54, 1.807) is 0 Å². The maximum Gasteiger partial charge on any atom is 0.0955 e. The summed E-state index contributed by atoms with van der Waals surface area (Å²) in [5, 5.41) is 2.99. The van der Waals surface area contributed by atoms with E-state index in [0.717, 1.165) is 35.6 Å². The van der Waals surface area contributed by atoms with Crippen LogP contribution in [0.3, 0.4) is 0 Å². The Labute approximate surface area is 172 Å². The zero-order chi connectivity index (χ0) is 19.2. The first-order chi connectivity index (χ1) is 13.1. The van der Waals surface area contributed by atoms with Crippen molar-refractivity contribution >= 4 is 34.7 Å². The molecule has 2 atom stereocenters. The SMILES string of the molecule is CCCCC1CC[C@@H](c2ccc(-c3cc(C)c(N=C=S)c(Cl)c3)cc2)OC1. The van der Waals surface area contributed by atoms with E-state index in [-0.39, 0.29) is 6.10 Å². The van der Waals surface area contributed by atoms with Crippen LogP contribution in [-0.4, -0.2) is 11.8 Å². The zero-order valence-corrected chi connectivity index (χ0v) is 17.6. The zero-order valence-electron chi connectivity index (χ0n) is 16.0. The van der Waals surface area contributed by atoms with E-state index in [1.165, 1.54) is 31.2 Å². The van der Waals surface area contributed by atoms with Crippen molar-refractivity contribution in [3.63, 3.8) is 0 Å². The third-order valence-electron chi connectivity index (χ3n) is 5.36. The maximum atomic E-state index is 6.37. The van der Waals surface area contributed by atoms with Crippen molar-refractivity contribution in [1.82, 2.24) is 0 Å². The Morgan fingerprint density at radius 2 is 1.96 bits per heavy atom. The maximum absolute atomic E-state index is 6.37. The van der Waals surface area contributed by atoms with Gasteiger partial charge in [0.05, 0.1) is 28.6 Å². The number of rotatable bonds is 6. The van der Waals surface area contributed by atoms with E-state index in [1.807, 2.05) is 13.0 Å². The van der Waals surface area contributed by atoms with Gasteiger partial charge in [0.15, 0.2) is 0 Å². The monoisotopic (exact) mass is 399 g/mol. The number of hydrogen-bond acceptors (Lipinski definition) is 3. The molecule has 0 aliphatic carbocycles. The second kappa shape index (κ2) is 9.61. The number of halogens is 1. The first-order valence-electron chi connectivity index (χ1n) is 9.72. The second-order valence-electron chi connectivity index (χ2n) is 7.36. The van der Waals surface area contributed by atoms with Crippen LogP contribution >= 0.6 is 23.8 Å². The summed E-state index contributed by atoms with van der Waals surface area (Å²) in [6.45, 7) is 5.13. The highest BCUT2D eigenvalue weighted by atomic mass is 35.5. The average Bonchev–Trinajstić information content (AvgIpc) is 2.69. The fraction of sp³-hybridized carbons (Fsp3) is 0.435. The van der Waals surface area contributed by atoms with Crippen molar-refractivity contribution in [2.24, 2.45) is 10.9 Å². The summed E-state index contributed by atoms with van der Waals surface area (Å²) in [5.41, 5.74) is 5.17. The van der Waals surface area contributed by atoms with Gasteiger partial charge in [0.1, 0.15) is 0 Å². The van der Waals surface area contributed by atoms with Crippen LogP contribution in [0.25, 0.3) is 11.1 Å². The number of nitrogens with zero attached hydrogens (tertiary/aromatic N) is 1. The first kappa shape index (κ1) is 20.2. The summed E-state index contributed by atoms with van der Waals surface area (Å²) in [4.78, 5) is 4.06. The summed E-state index contributed by atoms with van der Waals surface area (Å²) < 4.78 is 6.15. The Morgan fingerprint density at radius 3 is 2.56 bits per heavy atom. The minimum absolute atomic E-state index is 0.224. The van der Waals surface area contributed by atoms with E-state index in [0.29, 0.717) is 10.7 Å². The minimum Gasteiger partial charge on any atom is -0.373 e. The molecule has 27 heavy (non-hydrogen) atoms. The van der Waals surface area contributed by atoms with Crippen LogP contribution in [0, 0.1) is 12.8 Å². The summed E-state index contributed by atoms with van der Waals surface area (Å²) in [6, 6.07) is 12.7. The van der Waals surface area contributed by atoms with Gasteiger partial charge in [-0.1, -0.05) is 55.6 Å². The third-order valence-corrected chi connectivity index (χ3v) is 5.74. The van der Waals surface area contributed by atoms with Gasteiger partial charge in [-0.15, -0.1) is 0 Å². The molecule has 2 aromatic rings. The van der Waals surface area contributed by atoms with Crippen molar-refractivity contribution in [2.45, 2.75) is 52.1 Å². The molecule has 1 fully saturated rings. The number of isothiocyanates is 1. The standard InChI is InChI=1S/C23H26ClNOS/c1-3-4-5-17-6-11-22(26-14-17)19-9-7-18(8-10-19)20-12-16(2)23(25-15-27)21(24)13-20/h7-10,12-13,17,22H,3-6,11,14H2,1-2H3/t17?,22-/m0/s1. The fourth-order valence-electron chi connectivity index (χ4n) is 3.77. The molecular formula is C23H26ClNOS. The normalized spacial score (nSPS) is 19.5. The molecule has 0 amide bonds. The molecule has 0 aromatic heterocycles. The van der Waals surface area contributed by atoms with Crippen molar-refractivity contribution in [2.75, 3.05) is 6.61 Å². The largest absolute Gasteiger partial charge is 0.373 e. The average molecular weight is 400 g/mol. The highest BCUT2D eigenvalue weighted by Crippen LogP contribution is 2.36. The predicted octanol–water partition coefficient (Wildman–Crippen LogP) is 7.71. The highest BCUT2D eigenvalue weighted by molar-refractivity contribution is 7.78. The number of unbranched alkanes of at least 4 members (excludes halogenated alkanes) is 1. The minimum atomic E-state index is 0.224. The number of ether oxygens (including phenoxy) is 1. The van der Waals surface area contributed by atoms with Gasteiger partial charge in [-0.05, 0) is 78.7 Å². The number of aryl methyl sites for hydroxylation is 1. The molecule has 0 N–H and O–H groups in total. The van der Waals surface area contributed by atoms with Gasteiger partial charge in [-0.3, -0.25) is 0 Å². The lowest BCUT2D eigenvalue weighted by Crippen LogP contribution is -2.20. The van der Waals surface area contributed by atoms with Gasteiger partial charge in [0.2, 0.25) is 0 Å². The van der Waals surface area contributed by atoms with E-state index < -0.39 is 0 Å². The molecule has 2 aromatic carbocycles. The van der Waals surface area contributed by atoms with Gasteiger partial charge in [-0.25, -0.2) is 0 Å². The molecule has 0 spiro atoms. The van der Waals surface area contributed by atoms with E-state index in [2.05, 4.69) is 47.4 Å². The topological polar surface area (TPSA) is 21.6 Å². The predicted molar refractivity (Wildman–Crippen MR) is 117 cm³/mol. The molecule has 1 aliphatic heterocycles. The van der Waals surface area contributed by atoms with E-state index in [9.17, 15) is 0 Å². The van der Waals surface area contributed by atoms with Crippen molar-refractivity contribution < 1.29 is 4.74 Å². The van der Waals surface area contributed by atoms with Crippen molar-refractivity contribution in [3.05, 3.63) is 52.5 Å². The molecule has 1 heterocycles. The van der Waals surface area contributed by atoms with Gasteiger partial charge in [0.25, 0.3) is 0 Å². The summed E-state index contributed by atoms with van der Waals surface area (Å²) in [6.07, 6.45) is 6.48. The van der Waals surface area contributed by atoms with E-state index in [4.69, 9.17) is 28.6 Å². The van der Waals surface area contributed by atoms with Gasteiger partial charge in [-0.2, -0.15) is 4.99 Å². The lowest BCUT2D eigenvalue weighted by molar-refractivity contribution is -0.0197. The van der Waals surface area contributed by atoms with Gasteiger partial charge < -0.3 is 4.74 Å². The fourth-order valence-corrected chi connectivity index (χ4v) is 4.17. The molecule has 0 saturated carbocycles. The van der Waals surface area contributed by atoms with Crippen LogP contribution < -0.4 is 0 Å². The molecule has 0 bridgehead atoms. The Balaban J connectivity index is 1.70. The summed E-state index contributed by atoms with van der Waals surface area (Å²) in [7, 11) is 0. The molecule has 142 valence electrons. The first-order valence-corrected chi connectivity index (χ1v) is 10.5. The van der Waals surface area contributed by atoms with Crippen LogP contribution in [0.15, 0.2) is 41.4 Å². The second-order valence-corrected chi connectivity index (χ2v) is 7.95. The highest BCUT2D eigenvalue weighted by Gasteiger charge is 2.22. The third kappa shape index (κ3) is 5.06. The Hall–Kier alpha value is -1.51. The van der Waals surface area contributed by atoms with Crippen LogP contribution in [-0.2, 0) is 4.74 Å². The lowest BCUT2D eigenvalue weighted by Gasteiger charge is -2.29. The van der Waals surface area contributed by atoms with Gasteiger partial charge >= 0.3 is 0 Å². The number of aliphatic imine (C=N–C) groups is 1. The Kier molecular flexibility index (Phi) is 7.20. The number of benzene rings is 2. The molecule has 2 nitrogen and oxygen atoms in total. The molecule has 0 radical (unpaired) electrons. The summed E-state index contributed by atoms with van der Waals surface area (Å²) >= 11 is 11.1. The Bertz CT molecular complexity index is 796. The molecule has 1 aliphatic rings. The molecule has 1 unspecified atom stereocenters. The molecule has 3 rings (SSSR count). The van der Waals surface area contributed by atoms with Crippen LogP contribution in [0.5, 0.6) is 0 Å². The molecule has 1 saturated heterocycles. The quantitative estimate of drug-likeness (QED) is 0.366. The lowest BCUT2D eigenvalue weighted by atomic mass is 9.90. The smallest absolute Gasteiger partial charge is 0.0955 e. The molecule has 4 heteroatoms. The Morgan fingerprint density at radius 1 is 1.19 bits per heavy atom. The number of hydrogen-bond donors (Lipinski definition) is 0. The number of thiocarbonyl (C=S) groups is 1. The van der Waals surface area contributed by atoms with E-state index >= 15 is 0 Å². The molecular weight excluding hydrogens is 374 g/mol. The van der Waals surface area contributed by atoms with Crippen LogP contribution in [0.4, 0.5) is 5.69 Å². The van der Waals surface area contributed by atoms with Crippen LogP contribution in [0.2, 0.25) is 5.02 Å². The van der Waals surface area contributed by atoms with Crippen molar-refractivity contribution in [1.29, 1.82) is 0 Å². The van der Waals surface area contributed by atoms with Crippen molar-refractivity contribution in [3.8, 4) is 11.1 Å². The van der Waals surface area contributed by atoms with Gasteiger partial charge in [0, 0.05) is 0 Å².